The van der Waals surface area contributed by atoms with E-state index in [1.807, 2.05) is 0 Å². The number of aromatic hydroxyl groups is 1. The van der Waals surface area contributed by atoms with Crippen molar-refractivity contribution in [1.82, 2.24) is 4.98 Å². The van der Waals surface area contributed by atoms with Gasteiger partial charge >= 0.3 is 11.9 Å². The van der Waals surface area contributed by atoms with Crippen LogP contribution in [0.15, 0.2) is 39.8 Å². The van der Waals surface area contributed by atoms with Crippen LogP contribution in [-0.4, -0.2) is 36.2 Å². The van der Waals surface area contributed by atoms with Crippen molar-refractivity contribution in [3.05, 3.63) is 49.1 Å². The van der Waals surface area contributed by atoms with Crippen molar-refractivity contribution in [2.75, 3.05) is 14.2 Å². The Morgan fingerprint density at radius 1 is 1.16 bits per heavy atom. The molecular weight excluding hydrogens is 382 g/mol. The van der Waals surface area contributed by atoms with Crippen LogP contribution in [0.2, 0.25) is 0 Å². The van der Waals surface area contributed by atoms with Gasteiger partial charge in [-0.25, -0.2) is 9.59 Å². The maximum Gasteiger partial charge on any atom is 0.345 e. The zero-order chi connectivity index (χ0) is 18.1. The number of hydrogen-bond donors (Lipinski definition) is 2. The van der Waals surface area contributed by atoms with Gasteiger partial charge in [0.15, 0.2) is 3.95 Å². The highest BCUT2D eigenvalue weighted by molar-refractivity contribution is 8.04. The summed E-state index contributed by atoms with van der Waals surface area (Å²) in [5.74, 6) is -1.68. The van der Waals surface area contributed by atoms with E-state index in [1.54, 1.807) is 12.1 Å². The largest absolute Gasteiger partial charge is 0.508 e. The van der Waals surface area contributed by atoms with E-state index >= 15 is 0 Å². The van der Waals surface area contributed by atoms with Gasteiger partial charge < -0.3 is 19.6 Å². The number of rotatable bonds is 3. The van der Waals surface area contributed by atoms with Gasteiger partial charge in [-0.3, -0.25) is 0 Å². The normalized spacial score (nSPS) is 16.3. The van der Waals surface area contributed by atoms with E-state index in [-0.39, 0.29) is 16.2 Å². The molecule has 0 saturated heterocycles. The Kier molecular flexibility index (Phi) is 4.98. The third-order valence-corrected chi connectivity index (χ3v) is 6.19. The maximum absolute atomic E-state index is 12.5. The second kappa shape index (κ2) is 7.03. The lowest BCUT2D eigenvalue weighted by atomic mass is 9.89. The van der Waals surface area contributed by atoms with E-state index < -0.39 is 17.9 Å². The Morgan fingerprint density at radius 3 is 2.40 bits per heavy atom. The molecule has 9 heteroatoms. The number of aromatic amines is 1. The highest BCUT2D eigenvalue weighted by atomic mass is 32.2. The fourth-order valence-electron chi connectivity index (χ4n) is 2.56. The third-order valence-electron chi connectivity index (χ3n) is 3.64. The Hall–Kier alpha value is -2.10. The van der Waals surface area contributed by atoms with Crippen molar-refractivity contribution in [2.45, 2.75) is 10.9 Å². The van der Waals surface area contributed by atoms with Gasteiger partial charge in [-0.15, -0.1) is 11.3 Å². The molecule has 0 bridgehead atoms. The number of carbonyl (C=O) groups excluding carboxylic acids is 2. The Morgan fingerprint density at radius 2 is 1.80 bits per heavy atom. The maximum atomic E-state index is 12.5. The average Bonchev–Trinajstić information content (AvgIpc) is 2.99. The number of H-pyrrole nitrogens is 1. The van der Waals surface area contributed by atoms with Crippen molar-refractivity contribution in [3.8, 4) is 5.75 Å². The molecule has 6 nitrogen and oxygen atoms in total. The Bertz CT molecular complexity index is 926. The number of benzene rings is 1. The molecule has 1 aliphatic rings. The summed E-state index contributed by atoms with van der Waals surface area (Å²) in [6, 6.07) is 6.44. The summed E-state index contributed by atoms with van der Waals surface area (Å²) < 4.78 is 10.3. The summed E-state index contributed by atoms with van der Waals surface area (Å²) in [5.41, 5.74) is 0.925. The Labute approximate surface area is 156 Å². The smallest absolute Gasteiger partial charge is 0.345 e. The van der Waals surface area contributed by atoms with Crippen molar-refractivity contribution in [3.63, 3.8) is 0 Å². The van der Waals surface area contributed by atoms with Crippen LogP contribution < -0.4 is 0 Å². The van der Waals surface area contributed by atoms with Gasteiger partial charge in [-0.1, -0.05) is 23.9 Å². The molecule has 3 rings (SSSR count). The van der Waals surface area contributed by atoms with Gasteiger partial charge in [0.2, 0.25) is 0 Å². The SMILES string of the molecule is COC(=O)C1=C(C(=O)OC)C(c2ccc(O)cc2)c2sc(=S)[nH]c2S1. The van der Waals surface area contributed by atoms with Gasteiger partial charge in [-0.05, 0) is 29.9 Å². The summed E-state index contributed by atoms with van der Waals surface area (Å²) in [6.45, 7) is 0. The molecule has 2 aromatic rings. The summed E-state index contributed by atoms with van der Waals surface area (Å²) in [6.07, 6.45) is 0. The molecule has 2 heterocycles. The van der Waals surface area contributed by atoms with Crippen LogP contribution in [0.25, 0.3) is 0 Å². The molecule has 1 aromatic heterocycles. The Balaban J connectivity index is 2.28. The van der Waals surface area contributed by atoms with Crippen molar-refractivity contribution in [2.24, 2.45) is 0 Å². The highest BCUT2D eigenvalue weighted by Crippen LogP contribution is 2.49. The number of phenols is 1. The number of aromatic nitrogens is 1. The molecule has 1 aliphatic heterocycles. The number of esters is 2. The third kappa shape index (κ3) is 3.22. The molecule has 2 N–H and O–H groups in total. The van der Waals surface area contributed by atoms with E-state index in [2.05, 4.69) is 4.98 Å². The quantitative estimate of drug-likeness (QED) is 0.608. The van der Waals surface area contributed by atoms with Crippen LogP contribution in [0.3, 0.4) is 0 Å². The first kappa shape index (κ1) is 17.7. The fourth-order valence-corrected chi connectivity index (χ4v) is 5.23. The molecular formula is C16H13NO5S3. The molecule has 1 atom stereocenters. The number of thiazole rings is 1. The number of carbonyl (C=O) groups is 2. The van der Waals surface area contributed by atoms with Crippen LogP contribution in [0.4, 0.5) is 0 Å². The zero-order valence-corrected chi connectivity index (χ0v) is 15.6. The van der Waals surface area contributed by atoms with E-state index in [9.17, 15) is 14.7 Å². The highest BCUT2D eigenvalue weighted by Gasteiger charge is 2.39. The number of thioether (sulfide) groups is 1. The van der Waals surface area contributed by atoms with Crippen molar-refractivity contribution < 1.29 is 24.2 Å². The fraction of sp³-hybridized carbons (Fsp3) is 0.188. The molecule has 1 aromatic carbocycles. The van der Waals surface area contributed by atoms with Gasteiger partial charge in [0, 0.05) is 0 Å². The van der Waals surface area contributed by atoms with Crippen LogP contribution >= 0.6 is 35.3 Å². The minimum absolute atomic E-state index is 0.104. The molecule has 130 valence electrons. The molecule has 0 spiro atoms. The van der Waals surface area contributed by atoms with Gasteiger partial charge in [0.05, 0.1) is 35.6 Å². The van der Waals surface area contributed by atoms with Crippen LogP contribution in [0.1, 0.15) is 16.4 Å². The predicted molar refractivity (Wildman–Crippen MR) is 96.4 cm³/mol. The lowest BCUT2D eigenvalue weighted by molar-refractivity contribution is -0.139. The summed E-state index contributed by atoms with van der Waals surface area (Å²) in [4.78, 5) is 28.8. The van der Waals surface area contributed by atoms with Crippen LogP contribution in [0, 0.1) is 3.95 Å². The van der Waals surface area contributed by atoms with E-state index in [4.69, 9.17) is 21.7 Å². The predicted octanol–water partition coefficient (Wildman–Crippen LogP) is 3.35. The first-order valence-electron chi connectivity index (χ1n) is 7.06. The first-order valence-corrected chi connectivity index (χ1v) is 9.11. The summed E-state index contributed by atoms with van der Waals surface area (Å²) >= 11 is 7.67. The standard InChI is InChI=1S/C16H13NO5S3/c1-21-14(19)10-9(7-3-5-8(18)6-4-7)11-13(17-16(23)25-11)24-12(10)15(20)22-2/h3-6,9,18H,1-2H3,(H,17,23). The minimum Gasteiger partial charge on any atom is -0.508 e. The second-order valence-electron chi connectivity index (χ2n) is 5.06. The van der Waals surface area contributed by atoms with E-state index in [0.29, 0.717) is 8.98 Å². The van der Waals surface area contributed by atoms with Gasteiger partial charge in [0.1, 0.15) is 10.7 Å². The number of methoxy groups -OCH3 is 2. The molecule has 0 saturated carbocycles. The van der Waals surface area contributed by atoms with Gasteiger partial charge in [-0.2, -0.15) is 0 Å². The number of ether oxygens (including phenoxy) is 2. The van der Waals surface area contributed by atoms with E-state index in [1.165, 1.54) is 37.7 Å². The first-order chi connectivity index (χ1) is 12.0. The number of fused-ring (bicyclic) bond motifs is 1. The molecule has 0 radical (unpaired) electrons. The second-order valence-corrected chi connectivity index (χ2v) is 7.80. The minimum atomic E-state index is -0.620. The molecule has 0 aliphatic carbocycles. The van der Waals surface area contributed by atoms with Crippen LogP contribution in [-0.2, 0) is 19.1 Å². The van der Waals surface area contributed by atoms with Crippen molar-refractivity contribution >= 4 is 47.3 Å². The molecule has 1 unspecified atom stereocenters. The van der Waals surface area contributed by atoms with E-state index in [0.717, 1.165) is 22.2 Å². The molecule has 25 heavy (non-hydrogen) atoms. The molecule has 0 fully saturated rings. The number of nitrogens with one attached hydrogen (secondary N) is 1. The van der Waals surface area contributed by atoms with Crippen LogP contribution in [0.5, 0.6) is 5.75 Å². The lowest BCUT2D eigenvalue weighted by Crippen LogP contribution is -2.22. The average molecular weight is 395 g/mol. The lowest BCUT2D eigenvalue weighted by Gasteiger charge is -2.25. The monoisotopic (exact) mass is 395 g/mol. The summed E-state index contributed by atoms with van der Waals surface area (Å²) in [5, 5.41) is 10.2. The molecule has 0 amide bonds. The van der Waals surface area contributed by atoms with Crippen molar-refractivity contribution in [1.29, 1.82) is 0 Å². The summed E-state index contributed by atoms with van der Waals surface area (Å²) in [7, 11) is 2.52. The van der Waals surface area contributed by atoms with Gasteiger partial charge in [0.25, 0.3) is 0 Å². The zero-order valence-electron chi connectivity index (χ0n) is 13.2. The topological polar surface area (TPSA) is 88.6 Å². The number of phenolic OH excluding ortho intramolecular Hbond substituents is 1. The number of hydrogen-bond acceptors (Lipinski definition) is 8.